The third-order valence-corrected chi connectivity index (χ3v) is 3.47. The van der Waals surface area contributed by atoms with Crippen LogP contribution in [0.2, 0.25) is 0 Å². The minimum atomic E-state index is 0.668. The maximum absolute atomic E-state index is 9.24. The largest absolute Gasteiger partial charge is 0.369 e. The molecule has 1 heterocycles. The van der Waals surface area contributed by atoms with Gasteiger partial charge < -0.3 is 10.2 Å². The summed E-state index contributed by atoms with van der Waals surface area (Å²) in [6, 6.07) is 11.8. The standard InChI is InChI=1S/C16H20N4/c1-3-20(4-2)10-9-18-16-11-13(12-17)14-7-5-6-8-15(14)19-16/h5-8,11H,3-4,9-10H2,1-2H3,(H,18,19). The first-order valence-corrected chi connectivity index (χ1v) is 7.04. The lowest BCUT2D eigenvalue weighted by atomic mass is 10.1. The fourth-order valence-corrected chi connectivity index (χ4v) is 2.24. The van der Waals surface area contributed by atoms with Crippen LogP contribution in [0.15, 0.2) is 30.3 Å². The van der Waals surface area contributed by atoms with Crippen molar-refractivity contribution in [1.82, 2.24) is 9.88 Å². The van der Waals surface area contributed by atoms with Crippen molar-refractivity contribution in [3.8, 4) is 6.07 Å². The van der Waals surface area contributed by atoms with E-state index in [1.165, 1.54) is 0 Å². The van der Waals surface area contributed by atoms with Gasteiger partial charge in [-0.15, -0.1) is 0 Å². The van der Waals surface area contributed by atoms with E-state index in [0.29, 0.717) is 5.56 Å². The molecule has 0 fully saturated rings. The Labute approximate surface area is 120 Å². The maximum Gasteiger partial charge on any atom is 0.128 e. The predicted octanol–water partition coefficient (Wildman–Crippen LogP) is 2.86. The number of aromatic nitrogens is 1. The molecule has 0 atom stereocenters. The molecule has 0 radical (unpaired) electrons. The van der Waals surface area contributed by atoms with Crippen molar-refractivity contribution >= 4 is 16.7 Å². The second-order valence-electron chi connectivity index (χ2n) is 4.64. The zero-order valence-corrected chi connectivity index (χ0v) is 12.1. The van der Waals surface area contributed by atoms with E-state index in [1.807, 2.05) is 30.3 Å². The molecule has 1 N–H and O–H groups in total. The molecule has 0 saturated carbocycles. The van der Waals surface area contributed by atoms with E-state index < -0.39 is 0 Å². The maximum atomic E-state index is 9.24. The van der Waals surface area contributed by atoms with E-state index in [0.717, 1.165) is 42.9 Å². The molecule has 1 aromatic carbocycles. The number of nitrogens with zero attached hydrogens (tertiary/aromatic N) is 3. The summed E-state index contributed by atoms with van der Waals surface area (Å²) in [5.41, 5.74) is 1.53. The van der Waals surface area contributed by atoms with E-state index in [9.17, 15) is 5.26 Å². The normalized spacial score (nSPS) is 10.7. The van der Waals surface area contributed by atoms with Gasteiger partial charge in [-0.1, -0.05) is 32.0 Å². The molecule has 0 spiro atoms. The van der Waals surface area contributed by atoms with Crippen molar-refractivity contribution in [2.75, 3.05) is 31.5 Å². The molecule has 0 unspecified atom stereocenters. The first-order valence-electron chi connectivity index (χ1n) is 7.04. The summed E-state index contributed by atoms with van der Waals surface area (Å²) in [4.78, 5) is 6.90. The van der Waals surface area contributed by atoms with Gasteiger partial charge in [0.05, 0.1) is 17.1 Å². The third kappa shape index (κ3) is 3.25. The fourth-order valence-electron chi connectivity index (χ4n) is 2.24. The average molecular weight is 268 g/mol. The number of anilines is 1. The van der Waals surface area contributed by atoms with Gasteiger partial charge in [0, 0.05) is 18.5 Å². The van der Waals surface area contributed by atoms with Crippen molar-refractivity contribution in [3.05, 3.63) is 35.9 Å². The summed E-state index contributed by atoms with van der Waals surface area (Å²) in [7, 11) is 0. The molecule has 1 aromatic heterocycles. The molecule has 0 amide bonds. The number of rotatable bonds is 6. The highest BCUT2D eigenvalue weighted by Crippen LogP contribution is 2.19. The molecule has 0 aliphatic rings. The number of para-hydroxylation sites is 1. The Kier molecular flexibility index (Phi) is 4.91. The van der Waals surface area contributed by atoms with E-state index >= 15 is 0 Å². The van der Waals surface area contributed by atoms with Crippen molar-refractivity contribution < 1.29 is 0 Å². The summed E-state index contributed by atoms with van der Waals surface area (Å²) >= 11 is 0. The van der Waals surface area contributed by atoms with Crippen LogP contribution >= 0.6 is 0 Å². The summed E-state index contributed by atoms with van der Waals surface area (Å²) in [6.45, 7) is 8.22. The lowest BCUT2D eigenvalue weighted by molar-refractivity contribution is 0.316. The highest BCUT2D eigenvalue weighted by Gasteiger charge is 2.05. The van der Waals surface area contributed by atoms with Crippen molar-refractivity contribution in [3.63, 3.8) is 0 Å². The first-order chi connectivity index (χ1) is 9.78. The molecule has 4 heteroatoms. The van der Waals surface area contributed by atoms with E-state index in [-0.39, 0.29) is 0 Å². The Morgan fingerprint density at radius 1 is 1.25 bits per heavy atom. The molecule has 4 nitrogen and oxygen atoms in total. The number of fused-ring (bicyclic) bond motifs is 1. The quantitative estimate of drug-likeness (QED) is 0.875. The molecular formula is C16H20N4. The summed E-state index contributed by atoms with van der Waals surface area (Å²) in [5, 5.41) is 13.4. The fraction of sp³-hybridized carbons (Fsp3) is 0.375. The number of nitrogens with one attached hydrogen (secondary N) is 1. The minimum absolute atomic E-state index is 0.668. The molecule has 0 aliphatic carbocycles. The number of likely N-dealkylation sites (N-methyl/N-ethyl adjacent to an activating group) is 1. The molecular weight excluding hydrogens is 248 g/mol. The Balaban J connectivity index is 2.13. The molecule has 2 aromatic rings. The van der Waals surface area contributed by atoms with Gasteiger partial charge >= 0.3 is 0 Å². The van der Waals surface area contributed by atoms with E-state index in [1.54, 1.807) is 0 Å². The number of hydrogen-bond donors (Lipinski definition) is 1. The summed E-state index contributed by atoms with van der Waals surface area (Å²) in [6.07, 6.45) is 0. The zero-order chi connectivity index (χ0) is 14.4. The molecule has 0 aliphatic heterocycles. The molecule has 0 bridgehead atoms. The average Bonchev–Trinajstić information content (AvgIpc) is 2.50. The van der Waals surface area contributed by atoms with Crippen LogP contribution in [-0.2, 0) is 0 Å². The number of benzene rings is 1. The third-order valence-electron chi connectivity index (χ3n) is 3.47. The topological polar surface area (TPSA) is 52.0 Å². The van der Waals surface area contributed by atoms with Gasteiger partial charge in [0.25, 0.3) is 0 Å². The van der Waals surface area contributed by atoms with Crippen LogP contribution in [0.3, 0.4) is 0 Å². The van der Waals surface area contributed by atoms with Crippen LogP contribution in [0.25, 0.3) is 10.9 Å². The van der Waals surface area contributed by atoms with Gasteiger partial charge in [-0.25, -0.2) is 4.98 Å². The summed E-state index contributed by atoms with van der Waals surface area (Å²) in [5.74, 6) is 0.771. The predicted molar refractivity (Wildman–Crippen MR) is 82.7 cm³/mol. The van der Waals surface area contributed by atoms with Crippen molar-refractivity contribution in [2.24, 2.45) is 0 Å². The Hall–Kier alpha value is -2.12. The first kappa shape index (κ1) is 14.3. The Morgan fingerprint density at radius 3 is 2.70 bits per heavy atom. The van der Waals surface area contributed by atoms with Crippen LogP contribution in [0.4, 0.5) is 5.82 Å². The zero-order valence-electron chi connectivity index (χ0n) is 12.1. The number of hydrogen-bond acceptors (Lipinski definition) is 4. The second kappa shape index (κ2) is 6.88. The highest BCUT2D eigenvalue weighted by molar-refractivity contribution is 5.86. The van der Waals surface area contributed by atoms with E-state index in [4.69, 9.17) is 0 Å². The van der Waals surface area contributed by atoms with E-state index in [2.05, 4.69) is 35.1 Å². The molecule has 2 rings (SSSR count). The van der Waals surface area contributed by atoms with Gasteiger partial charge in [0.15, 0.2) is 0 Å². The SMILES string of the molecule is CCN(CC)CCNc1cc(C#N)c2ccccc2n1. The van der Waals surface area contributed by atoms with Gasteiger partial charge in [0.2, 0.25) is 0 Å². The van der Waals surface area contributed by atoms with Crippen LogP contribution in [0.5, 0.6) is 0 Å². The van der Waals surface area contributed by atoms with Gasteiger partial charge in [-0.3, -0.25) is 0 Å². The molecule has 0 saturated heterocycles. The van der Waals surface area contributed by atoms with Gasteiger partial charge in [-0.2, -0.15) is 5.26 Å². The van der Waals surface area contributed by atoms with Crippen LogP contribution < -0.4 is 5.32 Å². The van der Waals surface area contributed by atoms with Crippen LogP contribution in [0.1, 0.15) is 19.4 Å². The molecule has 20 heavy (non-hydrogen) atoms. The van der Waals surface area contributed by atoms with Crippen LogP contribution in [-0.4, -0.2) is 36.1 Å². The Bertz CT molecular complexity index is 611. The number of nitriles is 1. The van der Waals surface area contributed by atoms with Crippen LogP contribution in [0, 0.1) is 11.3 Å². The van der Waals surface area contributed by atoms with Gasteiger partial charge in [-0.05, 0) is 25.2 Å². The van der Waals surface area contributed by atoms with Crippen molar-refractivity contribution in [2.45, 2.75) is 13.8 Å². The minimum Gasteiger partial charge on any atom is -0.369 e. The molecule has 104 valence electrons. The lowest BCUT2D eigenvalue weighted by Gasteiger charge is -2.18. The van der Waals surface area contributed by atoms with Crippen molar-refractivity contribution in [1.29, 1.82) is 5.26 Å². The monoisotopic (exact) mass is 268 g/mol. The second-order valence-corrected chi connectivity index (χ2v) is 4.64. The highest BCUT2D eigenvalue weighted by atomic mass is 15.1. The number of pyridine rings is 1. The summed E-state index contributed by atoms with van der Waals surface area (Å²) < 4.78 is 0. The lowest BCUT2D eigenvalue weighted by Crippen LogP contribution is -2.28. The van der Waals surface area contributed by atoms with Gasteiger partial charge in [0.1, 0.15) is 5.82 Å². The Morgan fingerprint density at radius 2 is 2.00 bits per heavy atom. The smallest absolute Gasteiger partial charge is 0.128 e.